The Kier molecular flexibility index (Phi) is 6.13. The summed E-state index contributed by atoms with van der Waals surface area (Å²) in [4.78, 5) is 17.4. The van der Waals surface area contributed by atoms with Gasteiger partial charge in [-0.2, -0.15) is 0 Å². The van der Waals surface area contributed by atoms with Gasteiger partial charge < -0.3 is 14.7 Å². The lowest BCUT2D eigenvalue weighted by Crippen LogP contribution is -2.46. The number of hydrogen-bond donors (Lipinski definition) is 1. The first kappa shape index (κ1) is 19.9. The van der Waals surface area contributed by atoms with Gasteiger partial charge in [0, 0.05) is 39.3 Å². The molecular weight excluding hydrogens is 368 g/mol. The fourth-order valence-corrected chi connectivity index (χ4v) is 4.58. The second kappa shape index (κ2) is 8.95. The van der Waals surface area contributed by atoms with Crippen LogP contribution in [0.3, 0.4) is 0 Å². The summed E-state index contributed by atoms with van der Waals surface area (Å²) in [5.74, 6) is 1.13. The molecule has 2 aliphatic rings. The van der Waals surface area contributed by atoms with Crippen molar-refractivity contribution in [2.45, 2.75) is 45.2 Å². The quantitative estimate of drug-likeness (QED) is 0.723. The average molecular weight is 401 g/mol. The molecule has 0 atom stereocenters. The molecule has 158 valence electrons. The van der Waals surface area contributed by atoms with Crippen LogP contribution in [0.15, 0.2) is 29.1 Å². The maximum Gasteiger partial charge on any atom is 0.331 e. The molecule has 29 heavy (non-hydrogen) atoms. The second-order valence-electron chi connectivity index (χ2n) is 8.02. The van der Waals surface area contributed by atoms with Crippen molar-refractivity contribution >= 4 is 5.69 Å². The van der Waals surface area contributed by atoms with E-state index in [4.69, 9.17) is 4.74 Å². The summed E-state index contributed by atoms with van der Waals surface area (Å²) in [7, 11) is 1.72. The Hall–Kier alpha value is -2.41. The number of nitrogens with zero attached hydrogens (tertiary/aromatic N) is 4. The van der Waals surface area contributed by atoms with Crippen LogP contribution in [0, 0.1) is 0 Å². The van der Waals surface area contributed by atoms with Crippen LogP contribution in [-0.2, 0) is 19.5 Å². The van der Waals surface area contributed by atoms with Crippen molar-refractivity contribution in [1.82, 2.24) is 14.0 Å². The first-order chi connectivity index (χ1) is 14.2. The average Bonchev–Trinajstić information content (AvgIpc) is 3.02. The third-order valence-electron chi connectivity index (χ3n) is 6.25. The lowest BCUT2D eigenvalue weighted by atomic mass is 10.1. The molecule has 1 aromatic heterocycles. The van der Waals surface area contributed by atoms with Crippen LogP contribution in [0.1, 0.15) is 31.4 Å². The lowest BCUT2D eigenvalue weighted by molar-refractivity contribution is 0.249. The summed E-state index contributed by atoms with van der Waals surface area (Å²) < 4.78 is 8.82. The molecule has 0 radical (unpaired) electrons. The molecule has 1 saturated heterocycles. The molecule has 0 unspecified atom stereocenters. The van der Waals surface area contributed by atoms with Crippen molar-refractivity contribution in [1.29, 1.82) is 0 Å². The summed E-state index contributed by atoms with van der Waals surface area (Å²) >= 11 is 0. The van der Waals surface area contributed by atoms with Crippen molar-refractivity contribution in [3.8, 4) is 11.6 Å². The molecule has 1 fully saturated rings. The number of fused-ring (bicyclic) bond motifs is 1. The normalized spacial score (nSPS) is 17.3. The third-order valence-corrected chi connectivity index (χ3v) is 6.25. The maximum absolute atomic E-state index is 12.5. The fraction of sp³-hybridized carbons (Fsp3) is 0.591. The van der Waals surface area contributed by atoms with Gasteiger partial charge >= 0.3 is 5.69 Å². The van der Waals surface area contributed by atoms with Crippen LogP contribution < -0.4 is 15.3 Å². The van der Waals surface area contributed by atoms with Gasteiger partial charge in [0.1, 0.15) is 5.75 Å². The number of piperazine rings is 1. The number of aromatic hydroxyl groups is 1. The Morgan fingerprint density at radius 1 is 1.00 bits per heavy atom. The number of anilines is 1. The zero-order chi connectivity index (χ0) is 20.2. The lowest BCUT2D eigenvalue weighted by Gasteiger charge is -2.36. The van der Waals surface area contributed by atoms with Crippen molar-refractivity contribution < 1.29 is 9.84 Å². The zero-order valence-corrected chi connectivity index (χ0v) is 17.3. The smallest absolute Gasteiger partial charge is 0.331 e. The van der Waals surface area contributed by atoms with Crippen LogP contribution in [0.2, 0.25) is 0 Å². The number of ether oxygens (including phenoxy) is 1. The van der Waals surface area contributed by atoms with Crippen molar-refractivity contribution in [3.05, 3.63) is 40.4 Å². The topological polar surface area (TPSA) is 62.9 Å². The predicted octanol–water partition coefficient (Wildman–Crippen LogP) is 2.30. The molecule has 0 aliphatic carbocycles. The number of para-hydroxylation sites is 2. The Bertz CT molecular complexity index is 881. The van der Waals surface area contributed by atoms with Gasteiger partial charge in [0.2, 0.25) is 5.88 Å². The summed E-state index contributed by atoms with van der Waals surface area (Å²) in [5, 5.41) is 10.4. The van der Waals surface area contributed by atoms with E-state index >= 15 is 0 Å². The van der Waals surface area contributed by atoms with E-state index in [-0.39, 0.29) is 11.6 Å². The van der Waals surface area contributed by atoms with Gasteiger partial charge in [0.05, 0.1) is 18.5 Å². The maximum atomic E-state index is 12.5. The molecule has 2 aliphatic heterocycles. The van der Waals surface area contributed by atoms with E-state index in [2.05, 4.69) is 21.9 Å². The highest BCUT2D eigenvalue weighted by Crippen LogP contribution is 2.28. The standard InChI is InChI=1S/C22H32N4O3/c1-29-20-10-3-2-8-18(20)24-16-14-23(15-17-24)11-6-7-13-26-21(27)19-9-4-5-12-25(19)22(26)28/h2-3,8,10,27H,4-7,9,11-17H2,1H3. The van der Waals surface area contributed by atoms with E-state index < -0.39 is 0 Å². The zero-order valence-electron chi connectivity index (χ0n) is 17.3. The molecule has 4 rings (SSSR count). The monoisotopic (exact) mass is 400 g/mol. The van der Waals surface area contributed by atoms with Crippen molar-refractivity contribution in [2.24, 2.45) is 0 Å². The van der Waals surface area contributed by atoms with E-state index in [0.717, 1.165) is 82.8 Å². The van der Waals surface area contributed by atoms with E-state index in [9.17, 15) is 9.90 Å². The summed E-state index contributed by atoms with van der Waals surface area (Å²) in [6, 6.07) is 8.19. The van der Waals surface area contributed by atoms with Crippen LogP contribution in [0.25, 0.3) is 0 Å². The Morgan fingerprint density at radius 3 is 2.52 bits per heavy atom. The number of unbranched alkanes of at least 4 members (excludes halogenated alkanes) is 1. The van der Waals surface area contributed by atoms with Crippen molar-refractivity contribution in [2.75, 3.05) is 44.7 Å². The van der Waals surface area contributed by atoms with Gasteiger partial charge in [-0.3, -0.25) is 14.0 Å². The van der Waals surface area contributed by atoms with Gasteiger partial charge in [-0.05, 0) is 50.8 Å². The van der Waals surface area contributed by atoms with Crippen LogP contribution in [0.4, 0.5) is 5.69 Å². The van der Waals surface area contributed by atoms with Gasteiger partial charge in [-0.1, -0.05) is 12.1 Å². The fourth-order valence-electron chi connectivity index (χ4n) is 4.58. The van der Waals surface area contributed by atoms with Gasteiger partial charge in [-0.25, -0.2) is 4.79 Å². The number of methoxy groups -OCH3 is 1. The third kappa shape index (κ3) is 4.15. The molecule has 7 nitrogen and oxygen atoms in total. The van der Waals surface area contributed by atoms with E-state index in [1.165, 1.54) is 5.69 Å². The van der Waals surface area contributed by atoms with E-state index in [1.54, 1.807) is 16.2 Å². The van der Waals surface area contributed by atoms with Crippen LogP contribution in [-0.4, -0.2) is 59.0 Å². The molecular formula is C22H32N4O3. The predicted molar refractivity (Wildman–Crippen MR) is 114 cm³/mol. The molecule has 1 N–H and O–H groups in total. The number of aromatic nitrogens is 2. The molecule has 0 saturated carbocycles. The van der Waals surface area contributed by atoms with Crippen LogP contribution in [0.5, 0.6) is 11.6 Å². The number of imidazole rings is 1. The van der Waals surface area contributed by atoms with E-state index in [1.807, 2.05) is 12.1 Å². The molecule has 3 heterocycles. The first-order valence-corrected chi connectivity index (χ1v) is 10.8. The van der Waals surface area contributed by atoms with Crippen molar-refractivity contribution in [3.63, 3.8) is 0 Å². The summed E-state index contributed by atoms with van der Waals surface area (Å²) in [5.41, 5.74) is 1.96. The Morgan fingerprint density at radius 2 is 1.76 bits per heavy atom. The molecule has 7 heteroatoms. The van der Waals surface area contributed by atoms with E-state index in [0.29, 0.717) is 6.54 Å². The first-order valence-electron chi connectivity index (χ1n) is 10.8. The second-order valence-corrected chi connectivity index (χ2v) is 8.02. The molecule has 2 aromatic rings. The summed E-state index contributed by atoms with van der Waals surface area (Å²) in [6.07, 6.45) is 4.82. The molecule has 0 bridgehead atoms. The largest absolute Gasteiger partial charge is 0.495 e. The molecule has 0 spiro atoms. The van der Waals surface area contributed by atoms with Gasteiger partial charge in [-0.15, -0.1) is 0 Å². The number of hydrogen-bond acceptors (Lipinski definition) is 5. The molecule has 0 amide bonds. The molecule has 1 aromatic carbocycles. The highest BCUT2D eigenvalue weighted by molar-refractivity contribution is 5.58. The highest BCUT2D eigenvalue weighted by atomic mass is 16.5. The van der Waals surface area contributed by atoms with Gasteiger partial charge in [0.25, 0.3) is 0 Å². The SMILES string of the molecule is COc1ccccc1N1CCN(CCCCn2c(O)c3n(c2=O)CCCC3)CC1. The number of rotatable bonds is 7. The Balaban J connectivity index is 1.24. The van der Waals surface area contributed by atoms with Crippen LogP contribution >= 0.6 is 0 Å². The highest BCUT2D eigenvalue weighted by Gasteiger charge is 2.22. The minimum Gasteiger partial charge on any atom is -0.495 e. The minimum atomic E-state index is -0.0392. The minimum absolute atomic E-state index is 0.0392. The van der Waals surface area contributed by atoms with Gasteiger partial charge in [0.15, 0.2) is 0 Å². The Labute approximate surface area is 172 Å². The number of benzene rings is 1. The summed E-state index contributed by atoms with van der Waals surface area (Å²) in [6.45, 7) is 6.42.